The fourth-order valence-corrected chi connectivity index (χ4v) is 2.80. The zero-order chi connectivity index (χ0) is 18.0. The molecule has 6 nitrogen and oxygen atoms in total. The van der Waals surface area contributed by atoms with Crippen LogP contribution in [0.1, 0.15) is 25.3 Å². The highest BCUT2D eigenvalue weighted by molar-refractivity contribution is 7.80. The molecule has 0 saturated heterocycles. The van der Waals surface area contributed by atoms with Crippen molar-refractivity contribution in [3.05, 3.63) is 68.7 Å². The number of fused-ring (bicyclic) bond motifs is 1. The van der Waals surface area contributed by atoms with E-state index in [0.29, 0.717) is 22.1 Å². The zero-order valence-corrected chi connectivity index (χ0v) is 14.7. The van der Waals surface area contributed by atoms with Crippen LogP contribution >= 0.6 is 12.2 Å². The number of nitrogens with one attached hydrogen (secondary N) is 4. The normalized spacial score (nSPS) is 10.8. The maximum Gasteiger partial charge on any atom is 0.272 e. The van der Waals surface area contributed by atoms with Crippen molar-refractivity contribution in [3.8, 4) is 0 Å². The van der Waals surface area contributed by atoms with Gasteiger partial charge in [0.15, 0.2) is 5.11 Å². The molecule has 0 amide bonds. The molecule has 0 spiro atoms. The standard InChI is InChI=1S/C18H18N4O2S/c1-10(2)11-6-8-12(9-7-11)19-18(25)20-14-5-3-4-13-15(14)17(24)22-21-16(13)23/h3-10H,1-2H3,(H,21,23)(H,22,24)(H2,19,20,25). The lowest BCUT2D eigenvalue weighted by Crippen LogP contribution is -2.23. The SMILES string of the molecule is CC(C)c1ccc(NC(=S)Nc2cccc3c(=O)[nH][nH]c(=O)c23)cc1. The maximum atomic E-state index is 12.1. The van der Waals surface area contributed by atoms with Crippen molar-refractivity contribution in [2.75, 3.05) is 10.6 Å². The van der Waals surface area contributed by atoms with Crippen molar-refractivity contribution < 1.29 is 0 Å². The number of aromatic amines is 2. The van der Waals surface area contributed by atoms with Crippen LogP contribution in [0.15, 0.2) is 52.1 Å². The van der Waals surface area contributed by atoms with E-state index in [1.807, 2.05) is 24.3 Å². The van der Waals surface area contributed by atoms with E-state index in [1.165, 1.54) is 5.56 Å². The van der Waals surface area contributed by atoms with Gasteiger partial charge in [0, 0.05) is 5.69 Å². The largest absolute Gasteiger partial charge is 0.332 e. The van der Waals surface area contributed by atoms with Gasteiger partial charge in [-0.2, -0.15) is 0 Å². The number of hydrogen-bond donors (Lipinski definition) is 4. The molecule has 1 aromatic heterocycles. The van der Waals surface area contributed by atoms with E-state index in [2.05, 4.69) is 34.7 Å². The van der Waals surface area contributed by atoms with Crippen molar-refractivity contribution in [1.29, 1.82) is 0 Å². The second-order valence-corrected chi connectivity index (χ2v) is 6.40. The second-order valence-electron chi connectivity index (χ2n) is 5.99. The smallest absolute Gasteiger partial charge is 0.272 e. The summed E-state index contributed by atoms with van der Waals surface area (Å²) in [5.74, 6) is 0.458. The summed E-state index contributed by atoms with van der Waals surface area (Å²) in [6, 6.07) is 13.0. The van der Waals surface area contributed by atoms with E-state index in [4.69, 9.17) is 12.2 Å². The summed E-state index contributed by atoms with van der Waals surface area (Å²) < 4.78 is 0. The van der Waals surface area contributed by atoms with Gasteiger partial charge in [-0.05, 0) is 48.0 Å². The molecule has 25 heavy (non-hydrogen) atoms. The summed E-state index contributed by atoms with van der Waals surface area (Å²) in [5, 5.41) is 11.6. The molecule has 0 aliphatic heterocycles. The molecule has 3 aromatic rings. The summed E-state index contributed by atoms with van der Waals surface area (Å²) >= 11 is 5.32. The van der Waals surface area contributed by atoms with E-state index in [-0.39, 0.29) is 16.5 Å². The number of aromatic nitrogens is 2. The molecule has 0 bridgehead atoms. The lowest BCUT2D eigenvalue weighted by Gasteiger charge is -2.13. The van der Waals surface area contributed by atoms with Crippen LogP contribution in [0.2, 0.25) is 0 Å². The average Bonchev–Trinajstić information content (AvgIpc) is 2.58. The molecule has 4 N–H and O–H groups in total. The maximum absolute atomic E-state index is 12.1. The third-order valence-electron chi connectivity index (χ3n) is 3.91. The molecule has 0 unspecified atom stereocenters. The van der Waals surface area contributed by atoms with Crippen LogP contribution in [-0.4, -0.2) is 15.3 Å². The van der Waals surface area contributed by atoms with Crippen molar-refractivity contribution in [2.45, 2.75) is 19.8 Å². The Hall–Kier alpha value is -2.93. The Morgan fingerprint density at radius 2 is 1.64 bits per heavy atom. The van der Waals surface area contributed by atoms with Crippen LogP contribution in [0.25, 0.3) is 10.8 Å². The van der Waals surface area contributed by atoms with Crippen LogP contribution in [0.3, 0.4) is 0 Å². The van der Waals surface area contributed by atoms with Crippen molar-refractivity contribution >= 4 is 39.5 Å². The highest BCUT2D eigenvalue weighted by Gasteiger charge is 2.09. The van der Waals surface area contributed by atoms with Gasteiger partial charge < -0.3 is 10.6 Å². The van der Waals surface area contributed by atoms with E-state index in [1.54, 1.807) is 18.2 Å². The Morgan fingerprint density at radius 3 is 2.32 bits per heavy atom. The van der Waals surface area contributed by atoms with E-state index in [0.717, 1.165) is 5.69 Å². The van der Waals surface area contributed by atoms with Crippen LogP contribution < -0.4 is 21.8 Å². The van der Waals surface area contributed by atoms with Crippen LogP contribution in [0.4, 0.5) is 11.4 Å². The summed E-state index contributed by atoms with van der Waals surface area (Å²) in [4.78, 5) is 23.9. The Kier molecular flexibility index (Phi) is 4.67. The molecule has 7 heteroatoms. The first-order valence-corrected chi connectivity index (χ1v) is 8.28. The summed E-state index contributed by atoms with van der Waals surface area (Å²) in [6.07, 6.45) is 0. The van der Waals surface area contributed by atoms with E-state index in [9.17, 15) is 9.59 Å². The fraction of sp³-hybridized carbons (Fsp3) is 0.167. The number of benzene rings is 2. The van der Waals surface area contributed by atoms with Gasteiger partial charge in [-0.3, -0.25) is 19.8 Å². The quantitative estimate of drug-likeness (QED) is 0.543. The van der Waals surface area contributed by atoms with Gasteiger partial charge in [-0.1, -0.05) is 32.0 Å². The lowest BCUT2D eigenvalue weighted by atomic mass is 10.0. The molecule has 2 aromatic carbocycles. The Labute approximate surface area is 149 Å². The monoisotopic (exact) mass is 354 g/mol. The molecule has 0 radical (unpaired) electrons. The topological polar surface area (TPSA) is 89.8 Å². The zero-order valence-electron chi connectivity index (χ0n) is 13.8. The molecule has 1 heterocycles. The number of rotatable bonds is 3. The first-order chi connectivity index (χ1) is 12.0. The highest BCUT2D eigenvalue weighted by atomic mass is 32.1. The van der Waals surface area contributed by atoms with Gasteiger partial charge in [0.25, 0.3) is 11.1 Å². The van der Waals surface area contributed by atoms with Crippen molar-refractivity contribution in [3.63, 3.8) is 0 Å². The molecule has 0 fully saturated rings. The highest BCUT2D eigenvalue weighted by Crippen LogP contribution is 2.19. The molecule has 0 aliphatic carbocycles. The molecule has 0 aliphatic rings. The lowest BCUT2D eigenvalue weighted by molar-refractivity contribution is 0.867. The Morgan fingerprint density at radius 1 is 0.960 bits per heavy atom. The third kappa shape index (κ3) is 3.61. The molecular formula is C18H18N4O2S. The minimum Gasteiger partial charge on any atom is -0.332 e. The van der Waals surface area contributed by atoms with Gasteiger partial charge in [0.1, 0.15) is 0 Å². The summed E-state index contributed by atoms with van der Waals surface area (Å²) in [6.45, 7) is 4.27. The van der Waals surface area contributed by atoms with E-state index >= 15 is 0 Å². The Balaban J connectivity index is 1.84. The van der Waals surface area contributed by atoms with Crippen molar-refractivity contribution in [1.82, 2.24) is 10.2 Å². The number of H-pyrrole nitrogens is 2. The second kappa shape index (κ2) is 6.90. The third-order valence-corrected chi connectivity index (χ3v) is 4.11. The molecule has 0 saturated carbocycles. The molecule has 128 valence electrons. The molecule has 3 rings (SSSR count). The molecular weight excluding hydrogens is 336 g/mol. The van der Waals surface area contributed by atoms with Crippen molar-refractivity contribution in [2.24, 2.45) is 0 Å². The predicted molar refractivity (Wildman–Crippen MR) is 106 cm³/mol. The number of hydrogen-bond acceptors (Lipinski definition) is 3. The Bertz CT molecular complexity index is 1040. The fourth-order valence-electron chi connectivity index (χ4n) is 2.57. The van der Waals surface area contributed by atoms with Crippen LogP contribution in [0, 0.1) is 0 Å². The summed E-state index contributed by atoms with van der Waals surface area (Å²) in [5.41, 5.74) is 1.81. The average molecular weight is 354 g/mol. The van der Waals surface area contributed by atoms with Gasteiger partial charge in [-0.25, -0.2) is 0 Å². The number of thiocarbonyl (C=S) groups is 1. The van der Waals surface area contributed by atoms with E-state index < -0.39 is 0 Å². The minimum atomic E-state index is -0.387. The minimum absolute atomic E-state index is 0.269. The first-order valence-electron chi connectivity index (χ1n) is 7.87. The number of anilines is 2. The summed E-state index contributed by atoms with van der Waals surface area (Å²) in [7, 11) is 0. The van der Waals surface area contributed by atoms with Gasteiger partial charge in [-0.15, -0.1) is 0 Å². The van der Waals surface area contributed by atoms with Crippen LogP contribution in [0.5, 0.6) is 0 Å². The van der Waals surface area contributed by atoms with Crippen LogP contribution in [-0.2, 0) is 0 Å². The predicted octanol–water partition coefficient (Wildman–Crippen LogP) is 3.15. The first kappa shape index (κ1) is 16.9. The molecule has 0 atom stereocenters. The van der Waals surface area contributed by atoms with Gasteiger partial charge in [0.05, 0.1) is 16.5 Å². The van der Waals surface area contributed by atoms with Gasteiger partial charge >= 0.3 is 0 Å². The van der Waals surface area contributed by atoms with Gasteiger partial charge in [0.2, 0.25) is 0 Å².